The number of rotatable bonds is 1. The van der Waals surface area contributed by atoms with Gasteiger partial charge in [0.05, 0.1) is 28.1 Å². The van der Waals surface area contributed by atoms with Gasteiger partial charge in [0.1, 0.15) is 11.0 Å². The van der Waals surface area contributed by atoms with Crippen molar-refractivity contribution < 1.29 is 22.8 Å². The molecule has 2 saturated heterocycles. The fraction of sp³-hybridized carbons (Fsp3) is 0.400. The van der Waals surface area contributed by atoms with Crippen LogP contribution in [-0.4, -0.2) is 41.0 Å². The maximum atomic E-state index is 13.4. The molecule has 2 amide bonds. The van der Waals surface area contributed by atoms with Crippen LogP contribution in [0.2, 0.25) is 0 Å². The number of carbonyl (C=O) groups is 2. The van der Waals surface area contributed by atoms with Crippen molar-refractivity contribution in [3.05, 3.63) is 29.3 Å². The van der Waals surface area contributed by atoms with Crippen molar-refractivity contribution in [2.45, 2.75) is 18.3 Å². The highest BCUT2D eigenvalue weighted by molar-refractivity contribution is 7.18. The van der Waals surface area contributed by atoms with Gasteiger partial charge in [-0.25, -0.2) is 4.98 Å². The van der Waals surface area contributed by atoms with Crippen molar-refractivity contribution in [2.75, 3.05) is 7.05 Å². The normalized spacial score (nSPS) is 30.4. The number of amides is 2. The van der Waals surface area contributed by atoms with E-state index in [0.717, 1.165) is 9.60 Å². The number of aromatic nitrogens is 1. The second kappa shape index (κ2) is 5.00. The lowest BCUT2D eigenvalue weighted by atomic mass is 9.89. The fourth-order valence-electron chi connectivity index (χ4n) is 3.51. The van der Waals surface area contributed by atoms with Crippen LogP contribution >= 0.6 is 11.3 Å². The van der Waals surface area contributed by atoms with Gasteiger partial charge in [-0.3, -0.25) is 19.8 Å². The average molecular weight is 355 g/mol. The van der Waals surface area contributed by atoms with Gasteiger partial charge in [-0.15, -0.1) is 11.3 Å². The topological polar surface area (TPSA) is 62.3 Å². The zero-order valence-electron chi connectivity index (χ0n) is 12.4. The number of hydrogen-bond acceptors (Lipinski definition) is 5. The summed E-state index contributed by atoms with van der Waals surface area (Å²) < 4.78 is 40.9. The number of thiazole rings is 1. The quantitative estimate of drug-likeness (QED) is 0.796. The van der Waals surface area contributed by atoms with E-state index in [1.165, 1.54) is 18.4 Å². The average Bonchev–Trinajstić information content (AvgIpc) is 3.17. The molecule has 1 aromatic heterocycles. The van der Waals surface area contributed by atoms with Crippen molar-refractivity contribution in [1.29, 1.82) is 0 Å². The highest BCUT2D eigenvalue weighted by atomic mass is 32.1. The molecule has 3 heterocycles. The third-order valence-electron chi connectivity index (χ3n) is 4.62. The van der Waals surface area contributed by atoms with E-state index < -0.39 is 41.9 Å². The summed E-state index contributed by atoms with van der Waals surface area (Å²) in [5.41, 5.74) is 0.663. The van der Waals surface area contributed by atoms with Crippen molar-refractivity contribution in [3.63, 3.8) is 0 Å². The Morgan fingerprint density at radius 2 is 1.83 bits per heavy atom. The van der Waals surface area contributed by atoms with Gasteiger partial charge in [-0.1, -0.05) is 12.1 Å². The minimum Gasteiger partial charge on any atom is -0.296 e. The molecule has 0 saturated carbocycles. The van der Waals surface area contributed by atoms with Gasteiger partial charge in [0.2, 0.25) is 11.8 Å². The summed E-state index contributed by atoms with van der Waals surface area (Å²) in [4.78, 5) is 29.7. The first-order valence-electron chi connectivity index (χ1n) is 7.28. The summed E-state index contributed by atoms with van der Waals surface area (Å²) in [5, 5.41) is 2.84. The minimum atomic E-state index is -4.62. The standard InChI is InChI=1S/C15H12F3N3O2S/c1-21-13(22)8-9(14(21)23)11(15(16,17)18)20-10(8)12-19-6-4-2-3-5-7(6)24-12/h2-5,8-11,20H,1H3/t8-,9+,10+,11-/m1/s1. The second-order valence-electron chi connectivity index (χ2n) is 5.97. The van der Waals surface area contributed by atoms with Gasteiger partial charge < -0.3 is 0 Å². The lowest BCUT2D eigenvalue weighted by Gasteiger charge is -2.21. The monoisotopic (exact) mass is 355 g/mol. The van der Waals surface area contributed by atoms with E-state index >= 15 is 0 Å². The van der Waals surface area contributed by atoms with Gasteiger partial charge >= 0.3 is 6.18 Å². The lowest BCUT2D eigenvalue weighted by molar-refractivity contribution is -0.168. The molecule has 1 aromatic carbocycles. The van der Waals surface area contributed by atoms with Gasteiger partial charge in [-0.2, -0.15) is 13.2 Å². The zero-order valence-corrected chi connectivity index (χ0v) is 13.2. The largest absolute Gasteiger partial charge is 0.404 e. The van der Waals surface area contributed by atoms with Crippen LogP contribution in [0, 0.1) is 11.8 Å². The number of fused-ring (bicyclic) bond motifs is 2. The fourth-order valence-corrected chi connectivity index (χ4v) is 4.59. The summed E-state index contributed by atoms with van der Waals surface area (Å²) in [5.74, 6) is -3.88. The summed E-state index contributed by atoms with van der Waals surface area (Å²) >= 11 is 1.24. The summed E-state index contributed by atoms with van der Waals surface area (Å²) in [7, 11) is 1.23. The maximum absolute atomic E-state index is 13.4. The Bertz CT molecular complexity index is 817. The van der Waals surface area contributed by atoms with Crippen LogP contribution in [-0.2, 0) is 9.59 Å². The molecule has 0 bridgehead atoms. The van der Waals surface area contributed by atoms with E-state index in [4.69, 9.17) is 0 Å². The molecule has 2 aliphatic rings. The third-order valence-corrected chi connectivity index (χ3v) is 5.74. The predicted octanol–water partition coefficient (Wildman–Crippen LogP) is 2.10. The number of imide groups is 1. The number of nitrogens with one attached hydrogen (secondary N) is 1. The van der Waals surface area contributed by atoms with Crippen molar-refractivity contribution in [2.24, 2.45) is 11.8 Å². The molecule has 4 rings (SSSR count). The Balaban J connectivity index is 1.81. The van der Waals surface area contributed by atoms with Crippen LogP contribution in [0.5, 0.6) is 0 Å². The smallest absolute Gasteiger partial charge is 0.296 e. The number of hydrogen-bond donors (Lipinski definition) is 1. The Morgan fingerprint density at radius 1 is 1.17 bits per heavy atom. The zero-order chi connectivity index (χ0) is 17.2. The number of likely N-dealkylation sites (tertiary alicyclic amines) is 1. The molecule has 1 N–H and O–H groups in total. The summed E-state index contributed by atoms with van der Waals surface area (Å²) in [6.07, 6.45) is -4.62. The number of carbonyl (C=O) groups excluding carboxylic acids is 2. The van der Waals surface area contributed by atoms with Gasteiger partial charge in [-0.05, 0) is 12.1 Å². The first kappa shape index (κ1) is 15.5. The van der Waals surface area contributed by atoms with E-state index in [-0.39, 0.29) is 0 Å². The Kier molecular flexibility index (Phi) is 3.23. The Hall–Kier alpha value is -2.00. The highest BCUT2D eigenvalue weighted by Crippen LogP contribution is 2.48. The van der Waals surface area contributed by atoms with Crippen LogP contribution in [0.25, 0.3) is 10.2 Å². The van der Waals surface area contributed by atoms with E-state index in [1.54, 1.807) is 12.1 Å². The van der Waals surface area contributed by atoms with Crippen LogP contribution in [0.4, 0.5) is 13.2 Å². The van der Waals surface area contributed by atoms with Crippen molar-refractivity contribution in [3.8, 4) is 0 Å². The molecular weight excluding hydrogens is 343 g/mol. The third kappa shape index (κ3) is 2.07. The van der Waals surface area contributed by atoms with Crippen LogP contribution in [0.15, 0.2) is 24.3 Å². The van der Waals surface area contributed by atoms with Gasteiger partial charge in [0, 0.05) is 7.05 Å². The number of benzene rings is 1. The number of halogens is 3. The molecule has 2 fully saturated rings. The SMILES string of the molecule is CN1C(=O)[C@@H]2[C@H](C1=O)[C@H](C(F)(F)F)N[C@@H]2c1nc2ccccc2s1. The number of para-hydroxylation sites is 1. The number of alkyl halides is 3. The highest BCUT2D eigenvalue weighted by Gasteiger charge is 2.65. The molecule has 0 aliphatic carbocycles. The molecular formula is C15H12F3N3O2S. The summed E-state index contributed by atoms with van der Waals surface area (Å²) in [6.45, 7) is 0. The first-order valence-corrected chi connectivity index (χ1v) is 8.10. The molecule has 126 valence electrons. The molecule has 4 atom stereocenters. The summed E-state index contributed by atoms with van der Waals surface area (Å²) in [6, 6.07) is 4.22. The molecule has 9 heteroatoms. The first-order chi connectivity index (χ1) is 11.3. The molecule has 0 unspecified atom stereocenters. The molecule has 0 spiro atoms. The molecule has 2 aromatic rings. The molecule has 0 radical (unpaired) electrons. The van der Waals surface area contributed by atoms with Crippen molar-refractivity contribution in [1.82, 2.24) is 15.2 Å². The minimum absolute atomic E-state index is 0.398. The van der Waals surface area contributed by atoms with Gasteiger partial charge in [0.15, 0.2) is 0 Å². The second-order valence-corrected chi connectivity index (χ2v) is 7.03. The molecule has 24 heavy (non-hydrogen) atoms. The van der Waals surface area contributed by atoms with E-state index in [0.29, 0.717) is 10.5 Å². The van der Waals surface area contributed by atoms with E-state index in [2.05, 4.69) is 10.3 Å². The van der Waals surface area contributed by atoms with Gasteiger partial charge in [0.25, 0.3) is 0 Å². The van der Waals surface area contributed by atoms with Crippen LogP contribution in [0.3, 0.4) is 0 Å². The molecule has 2 aliphatic heterocycles. The lowest BCUT2D eigenvalue weighted by Crippen LogP contribution is -2.46. The predicted molar refractivity (Wildman–Crippen MR) is 80.1 cm³/mol. The number of nitrogens with zero attached hydrogens (tertiary/aromatic N) is 2. The molecule has 5 nitrogen and oxygen atoms in total. The Labute approximate surface area is 138 Å². The van der Waals surface area contributed by atoms with Crippen LogP contribution < -0.4 is 5.32 Å². The maximum Gasteiger partial charge on any atom is 0.404 e. The van der Waals surface area contributed by atoms with E-state index in [9.17, 15) is 22.8 Å². The van der Waals surface area contributed by atoms with E-state index in [1.807, 2.05) is 12.1 Å². The van der Waals surface area contributed by atoms with Crippen molar-refractivity contribution >= 4 is 33.4 Å². The Morgan fingerprint density at radius 3 is 2.50 bits per heavy atom. The van der Waals surface area contributed by atoms with Crippen LogP contribution in [0.1, 0.15) is 11.0 Å².